The molecule has 1 aliphatic rings. The van der Waals surface area contributed by atoms with E-state index in [1.165, 1.54) is 6.92 Å². The number of ketones is 1. The Morgan fingerprint density at radius 3 is 2.62 bits per heavy atom. The molecule has 0 spiro atoms. The third-order valence-electron chi connectivity index (χ3n) is 2.87. The van der Waals surface area contributed by atoms with Crippen LogP contribution in [0.15, 0.2) is 4.79 Å². The number of Topliss-reactive ketones (excluding diaryl/α,β-unsaturated/α-hetero) is 1. The molecule has 16 heavy (non-hydrogen) atoms. The van der Waals surface area contributed by atoms with Crippen molar-refractivity contribution < 1.29 is 14.7 Å². The summed E-state index contributed by atoms with van der Waals surface area (Å²) in [6, 6.07) is 0. The van der Waals surface area contributed by atoms with E-state index in [0.717, 1.165) is 0 Å². The number of hydrogen-bond donors (Lipinski definition) is 2. The summed E-state index contributed by atoms with van der Waals surface area (Å²) in [5.41, 5.74) is 0.301. The predicted octanol–water partition coefficient (Wildman–Crippen LogP) is 0.901. The number of rotatable bonds is 1. The van der Waals surface area contributed by atoms with Gasteiger partial charge in [0, 0.05) is 17.7 Å². The third kappa shape index (κ3) is 1.44. The molecule has 5 nitrogen and oxygen atoms in total. The van der Waals surface area contributed by atoms with Crippen LogP contribution in [0.25, 0.3) is 0 Å². The van der Waals surface area contributed by atoms with Crippen molar-refractivity contribution in [1.29, 1.82) is 0 Å². The molecule has 0 atom stereocenters. The molecular formula is C11H11NO4. The van der Waals surface area contributed by atoms with Gasteiger partial charge in [0.1, 0.15) is 5.56 Å². The van der Waals surface area contributed by atoms with Crippen LogP contribution in [0.2, 0.25) is 0 Å². The standard InChI is InChI=1S/C11H11NO4/c1-5-8-6(3-2-4-7(8)13)12-10(14)9(5)11(15)16/h2-4H2,1H3,(H,12,14)(H,15,16). The molecule has 2 N–H and O–H groups in total. The zero-order valence-corrected chi connectivity index (χ0v) is 8.79. The third-order valence-corrected chi connectivity index (χ3v) is 2.87. The van der Waals surface area contributed by atoms with Gasteiger partial charge in [0.2, 0.25) is 0 Å². The summed E-state index contributed by atoms with van der Waals surface area (Å²) in [5, 5.41) is 8.90. The first-order chi connectivity index (χ1) is 7.52. The van der Waals surface area contributed by atoms with Crippen LogP contribution in [0.5, 0.6) is 0 Å². The van der Waals surface area contributed by atoms with Crippen molar-refractivity contribution in [3.8, 4) is 0 Å². The van der Waals surface area contributed by atoms with Crippen molar-refractivity contribution in [3.63, 3.8) is 0 Å². The average Bonchev–Trinajstić information content (AvgIpc) is 2.15. The quantitative estimate of drug-likeness (QED) is 0.737. The number of aromatic amines is 1. The van der Waals surface area contributed by atoms with Gasteiger partial charge in [-0.1, -0.05) is 0 Å². The predicted molar refractivity (Wildman–Crippen MR) is 56.0 cm³/mol. The lowest BCUT2D eigenvalue weighted by molar-refractivity contribution is 0.0694. The lowest BCUT2D eigenvalue weighted by atomic mass is 9.89. The summed E-state index contributed by atoms with van der Waals surface area (Å²) in [7, 11) is 0. The number of nitrogens with one attached hydrogen (secondary N) is 1. The molecule has 0 saturated carbocycles. The number of pyridine rings is 1. The monoisotopic (exact) mass is 221 g/mol. The minimum atomic E-state index is -1.29. The van der Waals surface area contributed by atoms with Crippen LogP contribution in [0.1, 0.15) is 44.8 Å². The fourth-order valence-corrected chi connectivity index (χ4v) is 2.16. The molecule has 0 aliphatic heterocycles. The number of carbonyl (C=O) groups excluding carboxylic acids is 1. The van der Waals surface area contributed by atoms with Gasteiger partial charge >= 0.3 is 5.97 Å². The van der Waals surface area contributed by atoms with Crippen LogP contribution in [0.3, 0.4) is 0 Å². The topological polar surface area (TPSA) is 87.2 Å². The lowest BCUT2D eigenvalue weighted by Crippen LogP contribution is -2.27. The minimum Gasteiger partial charge on any atom is -0.477 e. The Bertz CT molecular complexity index is 542. The first-order valence-electron chi connectivity index (χ1n) is 5.04. The second kappa shape index (κ2) is 3.59. The fourth-order valence-electron chi connectivity index (χ4n) is 2.16. The molecule has 0 aromatic carbocycles. The molecule has 1 aromatic rings. The van der Waals surface area contributed by atoms with Crippen LogP contribution in [-0.2, 0) is 6.42 Å². The molecule has 0 saturated heterocycles. The second-order valence-corrected chi connectivity index (χ2v) is 3.89. The van der Waals surface area contributed by atoms with Crippen molar-refractivity contribution in [2.75, 3.05) is 0 Å². The van der Waals surface area contributed by atoms with Crippen LogP contribution in [0, 0.1) is 6.92 Å². The zero-order chi connectivity index (χ0) is 11.9. The largest absolute Gasteiger partial charge is 0.477 e. The Morgan fingerprint density at radius 1 is 1.31 bits per heavy atom. The number of carboxylic acid groups (broad SMARTS) is 1. The molecule has 2 rings (SSSR count). The maximum atomic E-state index is 11.7. The van der Waals surface area contributed by atoms with Crippen molar-refractivity contribution in [3.05, 3.63) is 32.7 Å². The van der Waals surface area contributed by atoms with E-state index in [4.69, 9.17) is 5.11 Å². The maximum absolute atomic E-state index is 11.7. The number of fused-ring (bicyclic) bond motifs is 1. The van der Waals surface area contributed by atoms with Gasteiger partial charge in [0.15, 0.2) is 5.78 Å². The highest BCUT2D eigenvalue weighted by Gasteiger charge is 2.25. The Labute approximate surface area is 91.1 Å². The van der Waals surface area contributed by atoms with Crippen LogP contribution >= 0.6 is 0 Å². The highest BCUT2D eigenvalue weighted by Crippen LogP contribution is 2.22. The van der Waals surface area contributed by atoms with Gasteiger partial charge in [-0.25, -0.2) is 4.79 Å². The summed E-state index contributed by atoms with van der Waals surface area (Å²) in [6.07, 6.45) is 1.74. The SMILES string of the molecule is Cc1c2c([nH]c(=O)c1C(=O)O)CCCC2=O. The van der Waals surface area contributed by atoms with Crippen molar-refractivity contribution in [1.82, 2.24) is 4.98 Å². The number of aryl methyl sites for hydroxylation is 1. The number of aromatic carboxylic acids is 1. The first kappa shape index (κ1) is 10.6. The number of hydrogen-bond acceptors (Lipinski definition) is 3. The van der Waals surface area contributed by atoms with E-state index >= 15 is 0 Å². The van der Waals surface area contributed by atoms with Gasteiger partial charge in [-0.3, -0.25) is 9.59 Å². The Morgan fingerprint density at radius 2 is 2.00 bits per heavy atom. The van der Waals surface area contributed by atoms with Gasteiger partial charge in [0.25, 0.3) is 5.56 Å². The highest BCUT2D eigenvalue weighted by molar-refractivity contribution is 6.02. The van der Waals surface area contributed by atoms with E-state index in [0.29, 0.717) is 30.5 Å². The normalized spacial score (nSPS) is 14.7. The van der Waals surface area contributed by atoms with E-state index in [1.54, 1.807) is 0 Å². The smallest absolute Gasteiger partial charge is 0.341 e. The molecule has 1 aliphatic carbocycles. The molecule has 0 unspecified atom stereocenters. The molecule has 0 amide bonds. The summed E-state index contributed by atoms with van der Waals surface area (Å²) >= 11 is 0. The Hall–Kier alpha value is -1.91. The van der Waals surface area contributed by atoms with E-state index in [-0.39, 0.29) is 16.9 Å². The van der Waals surface area contributed by atoms with Crippen molar-refractivity contribution in [2.45, 2.75) is 26.2 Å². The lowest BCUT2D eigenvalue weighted by Gasteiger charge is -2.17. The van der Waals surface area contributed by atoms with Crippen LogP contribution < -0.4 is 5.56 Å². The summed E-state index contributed by atoms with van der Waals surface area (Å²) < 4.78 is 0. The van der Waals surface area contributed by atoms with Gasteiger partial charge in [-0.15, -0.1) is 0 Å². The zero-order valence-electron chi connectivity index (χ0n) is 8.79. The van der Waals surface area contributed by atoms with Gasteiger partial charge in [-0.2, -0.15) is 0 Å². The number of H-pyrrole nitrogens is 1. The molecule has 0 radical (unpaired) electrons. The molecule has 5 heteroatoms. The van der Waals surface area contributed by atoms with E-state index < -0.39 is 11.5 Å². The summed E-state index contributed by atoms with van der Waals surface area (Å²) in [4.78, 5) is 36.6. The molecular weight excluding hydrogens is 210 g/mol. The highest BCUT2D eigenvalue weighted by atomic mass is 16.4. The van der Waals surface area contributed by atoms with Crippen molar-refractivity contribution in [2.24, 2.45) is 0 Å². The molecule has 0 bridgehead atoms. The van der Waals surface area contributed by atoms with Gasteiger partial charge in [-0.05, 0) is 25.3 Å². The number of carbonyl (C=O) groups is 2. The van der Waals surface area contributed by atoms with Gasteiger partial charge < -0.3 is 10.1 Å². The van der Waals surface area contributed by atoms with Crippen LogP contribution in [0.4, 0.5) is 0 Å². The first-order valence-corrected chi connectivity index (χ1v) is 5.04. The average molecular weight is 221 g/mol. The summed E-state index contributed by atoms with van der Waals surface area (Å²) in [5.74, 6) is -1.38. The Balaban J connectivity index is 2.79. The second-order valence-electron chi connectivity index (χ2n) is 3.89. The van der Waals surface area contributed by atoms with E-state index in [2.05, 4.69) is 4.98 Å². The van der Waals surface area contributed by atoms with Crippen LogP contribution in [-0.4, -0.2) is 21.8 Å². The minimum absolute atomic E-state index is 0.0856. The molecule has 84 valence electrons. The number of carboxylic acids is 1. The molecule has 1 heterocycles. The summed E-state index contributed by atoms with van der Waals surface area (Å²) in [6.45, 7) is 1.51. The Kier molecular flexibility index (Phi) is 2.38. The maximum Gasteiger partial charge on any atom is 0.341 e. The van der Waals surface area contributed by atoms with Crippen molar-refractivity contribution >= 4 is 11.8 Å². The molecule has 0 fully saturated rings. The fraction of sp³-hybridized carbons (Fsp3) is 0.364. The van der Waals surface area contributed by atoms with E-state index in [9.17, 15) is 14.4 Å². The van der Waals surface area contributed by atoms with E-state index in [1.807, 2.05) is 0 Å². The van der Waals surface area contributed by atoms with Gasteiger partial charge in [0.05, 0.1) is 0 Å². The number of aromatic nitrogens is 1. The molecule has 1 aromatic heterocycles.